The summed E-state index contributed by atoms with van der Waals surface area (Å²) in [5, 5.41) is 3.37. The maximum absolute atomic E-state index is 5.22. The topological polar surface area (TPSA) is 50.3 Å². The number of aromatic nitrogens is 2. The molecular formula is C23H28N4O. The maximum Gasteiger partial charge on any atom is 0.225 e. The fourth-order valence-electron chi connectivity index (χ4n) is 2.90. The molecule has 3 aromatic rings. The Hall–Kier alpha value is -3.08. The first-order chi connectivity index (χ1) is 13.7. The molecule has 0 saturated carbocycles. The zero-order valence-corrected chi connectivity index (χ0v) is 16.9. The van der Waals surface area contributed by atoms with Gasteiger partial charge in [0.1, 0.15) is 11.6 Å². The van der Waals surface area contributed by atoms with Crippen molar-refractivity contribution in [2.45, 2.75) is 26.3 Å². The molecule has 0 fully saturated rings. The Morgan fingerprint density at radius 2 is 1.75 bits per heavy atom. The molecule has 0 aliphatic rings. The molecule has 0 aliphatic heterocycles. The van der Waals surface area contributed by atoms with Crippen LogP contribution in [0.1, 0.15) is 25.3 Å². The van der Waals surface area contributed by atoms with Crippen LogP contribution in [0.2, 0.25) is 0 Å². The van der Waals surface area contributed by atoms with E-state index in [0.717, 1.165) is 47.8 Å². The maximum atomic E-state index is 5.22. The van der Waals surface area contributed by atoms with Gasteiger partial charge in [-0.3, -0.25) is 0 Å². The molecule has 0 spiro atoms. The number of nitrogens with zero attached hydrogens (tertiary/aromatic N) is 3. The summed E-state index contributed by atoms with van der Waals surface area (Å²) in [6.07, 6.45) is 2.29. The van der Waals surface area contributed by atoms with Gasteiger partial charge in [-0.25, -0.2) is 4.98 Å². The summed E-state index contributed by atoms with van der Waals surface area (Å²) in [6, 6.07) is 20.3. The van der Waals surface area contributed by atoms with E-state index in [2.05, 4.69) is 42.4 Å². The van der Waals surface area contributed by atoms with Gasteiger partial charge in [-0.1, -0.05) is 55.8 Å². The van der Waals surface area contributed by atoms with Crippen LogP contribution in [0.4, 0.5) is 11.8 Å². The number of nitrogens with one attached hydrogen (secondary N) is 1. The highest BCUT2D eigenvalue weighted by Gasteiger charge is 2.10. The molecule has 5 nitrogen and oxygen atoms in total. The number of hydrogen-bond acceptors (Lipinski definition) is 5. The van der Waals surface area contributed by atoms with Crippen LogP contribution in [0, 0.1) is 0 Å². The number of anilines is 2. The van der Waals surface area contributed by atoms with Crippen molar-refractivity contribution < 1.29 is 4.74 Å². The average molecular weight is 377 g/mol. The van der Waals surface area contributed by atoms with Crippen molar-refractivity contribution in [2.75, 3.05) is 30.9 Å². The summed E-state index contributed by atoms with van der Waals surface area (Å²) in [5.41, 5.74) is 3.16. The van der Waals surface area contributed by atoms with E-state index in [0.29, 0.717) is 12.5 Å². The standard InChI is InChI=1S/C23H28N4O/c1-4-5-15-27(2)22-16-21(19-9-7-6-8-10-19)25-23(26-22)24-17-18-11-13-20(28-3)14-12-18/h6-14,16H,4-5,15,17H2,1-3H3,(H,24,25,26). The lowest BCUT2D eigenvalue weighted by atomic mass is 10.1. The number of unbranched alkanes of at least 4 members (excludes halogenated alkanes) is 1. The fourth-order valence-corrected chi connectivity index (χ4v) is 2.90. The molecule has 0 saturated heterocycles. The van der Waals surface area contributed by atoms with E-state index in [1.54, 1.807) is 7.11 Å². The van der Waals surface area contributed by atoms with Crippen molar-refractivity contribution in [2.24, 2.45) is 0 Å². The van der Waals surface area contributed by atoms with Crippen molar-refractivity contribution in [1.82, 2.24) is 9.97 Å². The Kier molecular flexibility index (Phi) is 6.84. The minimum atomic E-state index is 0.635. The third-order valence-corrected chi connectivity index (χ3v) is 4.63. The van der Waals surface area contributed by atoms with E-state index in [1.807, 2.05) is 42.5 Å². The number of hydrogen-bond donors (Lipinski definition) is 1. The third kappa shape index (κ3) is 5.22. The molecule has 0 radical (unpaired) electrons. The molecule has 28 heavy (non-hydrogen) atoms. The van der Waals surface area contributed by atoms with Crippen LogP contribution in [0.25, 0.3) is 11.3 Å². The molecule has 0 unspecified atom stereocenters. The number of methoxy groups -OCH3 is 1. The van der Waals surface area contributed by atoms with Crippen molar-refractivity contribution in [3.05, 3.63) is 66.2 Å². The van der Waals surface area contributed by atoms with Gasteiger partial charge in [-0.05, 0) is 24.1 Å². The second kappa shape index (κ2) is 9.74. The third-order valence-electron chi connectivity index (χ3n) is 4.63. The Morgan fingerprint density at radius 1 is 1.00 bits per heavy atom. The largest absolute Gasteiger partial charge is 0.497 e. The molecule has 0 bridgehead atoms. The fraction of sp³-hybridized carbons (Fsp3) is 0.304. The molecule has 0 amide bonds. The van der Waals surface area contributed by atoms with E-state index in [4.69, 9.17) is 14.7 Å². The summed E-state index contributed by atoms with van der Waals surface area (Å²) in [7, 11) is 3.76. The highest BCUT2D eigenvalue weighted by molar-refractivity contribution is 5.64. The molecule has 146 valence electrons. The molecule has 5 heteroatoms. The molecular weight excluding hydrogens is 348 g/mol. The summed E-state index contributed by atoms with van der Waals surface area (Å²) >= 11 is 0. The molecule has 0 atom stereocenters. The predicted octanol–water partition coefficient (Wildman–Crippen LogP) is 5.00. The van der Waals surface area contributed by atoms with Crippen molar-refractivity contribution >= 4 is 11.8 Å². The van der Waals surface area contributed by atoms with Gasteiger partial charge in [-0.2, -0.15) is 4.98 Å². The van der Waals surface area contributed by atoms with Crippen molar-refractivity contribution in [1.29, 1.82) is 0 Å². The van der Waals surface area contributed by atoms with Crippen LogP contribution in [0.15, 0.2) is 60.7 Å². The van der Waals surface area contributed by atoms with Gasteiger partial charge in [0.15, 0.2) is 0 Å². The lowest BCUT2D eigenvalue weighted by Gasteiger charge is -2.19. The normalized spacial score (nSPS) is 10.5. The number of benzene rings is 2. The van der Waals surface area contributed by atoms with Gasteiger partial charge in [0.2, 0.25) is 5.95 Å². The zero-order valence-electron chi connectivity index (χ0n) is 16.9. The smallest absolute Gasteiger partial charge is 0.225 e. The second-order valence-corrected chi connectivity index (χ2v) is 6.78. The average Bonchev–Trinajstić information content (AvgIpc) is 2.76. The van der Waals surface area contributed by atoms with Crippen LogP contribution in [0.5, 0.6) is 5.75 Å². The second-order valence-electron chi connectivity index (χ2n) is 6.78. The molecule has 1 heterocycles. The molecule has 0 aliphatic carbocycles. The summed E-state index contributed by atoms with van der Waals surface area (Å²) in [5.74, 6) is 2.42. The van der Waals surface area contributed by atoms with Crippen molar-refractivity contribution in [3.8, 4) is 17.0 Å². The first-order valence-corrected chi connectivity index (χ1v) is 9.72. The number of ether oxygens (including phenoxy) is 1. The summed E-state index contributed by atoms with van der Waals surface area (Å²) in [4.78, 5) is 11.7. The minimum Gasteiger partial charge on any atom is -0.497 e. The monoisotopic (exact) mass is 376 g/mol. The van der Waals surface area contributed by atoms with Crippen LogP contribution >= 0.6 is 0 Å². The van der Waals surface area contributed by atoms with E-state index >= 15 is 0 Å². The van der Waals surface area contributed by atoms with E-state index in [9.17, 15) is 0 Å². The van der Waals surface area contributed by atoms with Crippen LogP contribution in [-0.4, -0.2) is 30.7 Å². The summed E-state index contributed by atoms with van der Waals surface area (Å²) in [6.45, 7) is 3.82. The number of rotatable bonds is 9. The van der Waals surface area contributed by atoms with Gasteiger partial charge < -0.3 is 15.0 Å². The molecule has 3 rings (SSSR count). The Balaban J connectivity index is 1.83. The summed E-state index contributed by atoms with van der Waals surface area (Å²) < 4.78 is 5.22. The predicted molar refractivity (Wildman–Crippen MR) is 116 cm³/mol. The van der Waals surface area contributed by atoms with E-state index in [1.165, 1.54) is 0 Å². The van der Waals surface area contributed by atoms with Crippen LogP contribution < -0.4 is 15.0 Å². The van der Waals surface area contributed by atoms with Gasteiger partial charge in [-0.15, -0.1) is 0 Å². The minimum absolute atomic E-state index is 0.635. The Bertz CT molecular complexity index is 866. The van der Waals surface area contributed by atoms with Crippen LogP contribution in [-0.2, 0) is 6.54 Å². The Morgan fingerprint density at radius 3 is 2.43 bits per heavy atom. The molecule has 1 aromatic heterocycles. The first kappa shape index (κ1) is 19.7. The van der Waals surface area contributed by atoms with E-state index in [-0.39, 0.29) is 0 Å². The van der Waals surface area contributed by atoms with Gasteiger partial charge in [0.05, 0.1) is 12.8 Å². The van der Waals surface area contributed by atoms with Gasteiger partial charge in [0.25, 0.3) is 0 Å². The zero-order chi connectivity index (χ0) is 19.8. The van der Waals surface area contributed by atoms with Gasteiger partial charge in [0, 0.05) is 31.8 Å². The lowest BCUT2D eigenvalue weighted by molar-refractivity contribution is 0.414. The Labute approximate surface area is 167 Å². The quantitative estimate of drug-likeness (QED) is 0.569. The first-order valence-electron chi connectivity index (χ1n) is 9.72. The highest BCUT2D eigenvalue weighted by atomic mass is 16.5. The van der Waals surface area contributed by atoms with Gasteiger partial charge >= 0.3 is 0 Å². The SMILES string of the molecule is CCCCN(C)c1cc(-c2ccccc2)nc(NCc2ccc(OC)cc2)n1. The van der Waals surface area contributed by atoms with Crippen LogP contribution in [0.3, 0.4) is 0 Å². The molecule has 1 N–H and O–H groups in total. The lowest BCUT2D eigenvalue weighted by Crippen LogP contribution is -2.20. The van der Waals surface area contributed by atoms with E-state index < -0.39 is 0 Å². The van der Waals surface area contributed by atoms with Crippen molar-refractivity contribution in [3.63, 3.8) is 0 Å². The molecule has 2 aromatic carbocycles. The highest BCUT2D eigenvalue weighted by Crippen LogP contribution is 2.23.